The number of aromatic nitrogens is 2. The van der Waals surface area contributed by atoms with Crippen molar-refractivity contribution in [1.29, 1.82) is 0 Å². The van der Waals surface area contributed by atoms with Crippen LogP contribution in [0.2, 0.25) is 5.02 Å². The van der Waals surface area contributed by atoms with Crippen LogP contribution in [-0.2, 0) is 26.2 Å². The van der Waals surface area contributed by atoms with Crippen LogP contribution in [-0.4, -0.2) is 69.6 Å². The molecule has 3 aromatic carbocycles. The summed E-state index contributed by atoms with van der Waals surface area (Å²) in [4.78, 5) is 86.1. The van der Waals surface area contributed by atoms with E-state index in [2.05, 4.69) is 0 Å². The molecule has 62 heavy (non-hydrogen) atoms. The van der Waals surface area contributed by atoms with Gasteiger partial charge in [0.1, 0.15) is 11.5 Å². The first-order valence-corrected chi connectivity index (χ1v) is 20.8. The van der Waals surface area contributed by atoms with Crippen molar-refractivity contribution in [2.75, 3.05) is 35.9 Å². The molecule has 19 heteroatoms. The minimum atomic E-state index is -1.46. The Bertz CT molecular complexity index is 2870. The van der Waals surface area contributed by atoms with Crippen molar-refractivity contribution in [2.24, 2.45) is 36.1 Å². The third-order valence-electron chi connectivity index (χ3n) is 13.2. The summed E-state index contributed by atoms with van der Waals surface area (Å²) >= 11 is 7.82. The van der Waals surface area contributed by atoms with E-state index >= 15 is 9.59 Å². The lowest BCUT2D eigenvalue weighted by Gasteiger charge is -2.49. The molecule has 9 rings (SSSR count). The van der Waals surface area contributed by atoms with Crippen LogP contribution < -0.4 is 19.4 Å². The maximum atomic E-state index is 15.2. The molecular formula is C43H38ClN7O10S. The van der Waals surface area contributed by atoms with E-state index in [0.29, 0.717) is 21.9 Å². The number of imide groups is 2. The molecule has 5 aromatic rings. The number of hydrogen-bond donors (Lipinski definition) is 1. The summed E-state index contributed by atoms with van der Waals surface area (Å²) < 4.78 is 7.79. The summed E-state index contributed by atoms with van der Waals surface area (Å²) in [6.45, 7) is 3.67. The number of hydrogen-bond acceptors (Lipinski definition) is 13. The molecule has 2 aliphatic carbocycles. The molecule has 0 bridgehead atoms. The van der Waals surface area contributed by atoms with Crippen molar-refractivity contribution < 1.29 is 38.9 Å². The topological polar surface area (TPSA) is 212 Å². The Morgan fingerprint density at radius 3 is 2.27 bits per heavy atom. The number of ether oxygens (including phenoxy) is 1. The van der Waals surface area contributed by atoms with E-state index in [-0.39, 0.29) is 41.5 Å². The summed E-state index contributed by atoms with van der Waals surface area (Å²) in [6.07, 6.45) is 1.83. The minimum Gasteiger partial charge on any atom is -0.504 e. The van der Waals surface area contributed by atoms with Crippen molar-refractivity contribution in [1.82, 2.24) is 9.78 Å². The van der Waals surface area contributed by atoms with Crippen LogP contribution in [0.3, 0.4) is 0 Å². The summed E-state index contributed by atoms with van der Waals surface area (Å²) in [5.41, 5.74) is -0.852. The van der Waals surface area contributed by atoms with E-state index in [4.69, 9.17) is 21.4 Å². The lowest BCUT2D eigenvalue weighted by atomic mass is 9.51. The van der Waals surface area contributed by atoms with Crippen LogP contribution in [0.15, 0.2) is 66.2 Å². The number of halogens is 1. The summed E-state index contributed by atoms with van der Waals surface area (Å²) in [5.74, 6) is -7.05. The van der Waals surface area contributed by atoms with Crippen molar-refractivity contribution in [2.45, 2.75) is 32.6 Å². The van der Waals surface area contributed by atoms with Gasteiger partial charge >= 0.3 is 11.4 Å². The second-order valence-corrected chi connectivity index (χ2v) is 18.0. The molecule has 4 amide bonds. The highest BCUT2D eigenvalue weighted by Gasteiger charge is 2.68. The number of aromatic hydroxyl groups is 1. The predicted octanol–water partition coefficient (Wildman–Crippen LogP) is 7.30. The first kappa shape index (κ1) is 40.7. The van der Waals surface area contributed by atoms with Crippen LogP contribution in [0.4, 0.5) is 28.6 Å². The number of thiophene rings is 1. The van der Waals surface area contributed by atoms with Crippen molar-refractivity contribution in [3.63, 3.8) is 0 Å². The Labute approximate surface area is 362 Å². The van der Waals surface area contributed by atoms with E-state index in [1.807, 2.05) is 25.1 Å². The third kappa shape index (κ3) is 5.68. The molecule has 1 saturated carbocycles. The van der Waals surface area contributed by atoms with Crippen molar-refractivity contribution in [3.05, 3.63) is 103 Å². The Hall–Kier alpha value is -6.66. The zero-order valence-corrected chi connectivity index (χ0v) is 35.7. The van der Waals surface area contributed by atoms with Crippen LogP contribution in [0, 0.1) is 56.2 Å². The number of benzene rings is 3. The molecule has 17 nitrogen and oxygen atoms in total. The monoisotopic (exact) mass is 879 g/mol. The van der Waals surface area contributed by atoms with Gasteiger partial charge < -0.3 is 14.7 Å². The Morgan fingerprint density at radius 2 is 1.65 bits per heavy atom. The molecule has 0 radical (unpaired) electrons. The quantitative estimate of drug-likeness (QED) is 0.0704. The van der Waals surface area contributed by atoms with Crippen LogP contribution in [0.25, 0.3) is 20.7 Å². The number of nitro benzene ring substituents is 2. The number of carbonyl (C=O) groups is 4. The van der Waals surface area contributed by atoms with E-state index < -0.39 is 79.9 Å². The van der Waals surface area contributed by atoms with Gasteiger partial charge in [-0.1, -0.05) is 29.3 Å². The minimum absolute atomic E-state index is 0.0170. The number of carbonyl (C=O) groups excluding carboxylic acids is 4. The summed E-state index contributed by atoms with van der Waals surface area (Å²) in [5, 5.41) is 41.9. The number of rotatable bonds is 8. The average molecular weight is 880 g/mol. The van der Waals surface area contributed by atoms with E-state index in [0.717, 1.165) is 42.5 Å². The Balaban J connectivity index is 1.15. The van der Waals surface area contributed by atoms with Gasteiger partial charge in [-0.3, -0.25) is 44.1 Å². The number of allylic oxidation sites excluding steroid dienone is 2. The lowest BCUT2D eigenvalue weighted by Crippen LogP contribution is -2.48. The second-order valence-electron chi connectivity index (χ2n) is 16.6. The third-order valence-corrected chi connectivity index (χ3v) is 14.7. The fourth-order valence-electron chi connectivity index (χ4n) is 10.4. The number of nitrogens with zero attached hydrogens (tertiary/aromatic N) is 7. The first-order valence-electron chi connectivity index (χ1n) is 19.6. The Morgan fingerprint density at radius 1 is 0.952 bits per heavy atom. The molecule has 2 saturated heterocycles. The summed E-state index contributed by atoms with van der Waals surface area (Å²) in [6, 6.07) is 14.0. The maximum absolute atomic E-state index is 15.2. The van der Waals surface area contributed by atoms with Gasteiger partial charge in [-0.2, -0.15) is 5.10 Å². The molecule has 6 atom stereocenters. The van der Waals surface area contributed by atoms with Crippen molar-refractivity contribution >= 4 is 85.2 Å². The van der Waals surface area contributed by atoms with Gasteiger partial charge in [-0.15, -0.1) is 11.3 Å². The number of aryl methyl sites for hydroxylation is 2. The molecule has 318 valence electrons. The molecule has 2 aromatic heterocycles. The highest BCUT2D eigenvalue weighted by atomic mass is 35.5. The highest BCUT2D eigenvalue weighted by Crippen LogP contribution is 2.64. The molecule has 2 aliphatic heterocycles. The zero-order valence-electron chi connectivity index (χ0n) is 34.1. The van der Waals surface area contributed by atoms with Gasteiger partial charge in [-0.05, 0) is 79.5 Å². The standard InChI is InChI=1S/C43H38ClN7O10S/c1-19-25-14-21(44)8-12-33(25)62-38(19)28-18-34(47(5)45-28)49-40(54)27-17-26-23(36(43(27,2)42(49)56)20-7-11-32(61-6)31(52)13-20)9-10-24-35(26)41(55)48(39(24)53)22-15-29(50(57)58)37(46(3)4)30(16-22)51(59)60/h7-9,11-16,18,24,26-27,35-36,52H,10,17H2,1-6H3. The molecule has 6 unspecified atom stereocenters. The molecule has 4 aliphatic rings. The van der Waals surface area contributed by atoms with Crippen LogP contribution in [0.1, 0.15) is 36.8 Å². The molecule has 4 heterocycles. The van der Waals surface area contributed by atoms with E-state index in [1.165, 1.54) is 48.2 Å². The number of phenols is 1. The SMILES string of the molecule is COc1ccc(C2C3=CCC4C(=O)N(c5cc([N+](=O)[O-])c(N(C)C)c([N+](=O)[O-])c5)C(=O)C4C3CC3C(=O)N(c4cc(-c5sc6ccc(Cl)cc6c5C)nn4C)C(=O)C32C)cc1O. The van der Waals surface area contributed by atoms with Crippen LogP contribution >= 0.6 is 22.9 Å². The van der Waals surface area contributed by atoms with Gasteiger partial charge in [0.25, 0.3) is 0 Å². The van der Waals surface area contributed by atoms with Gasteiger partial charge in [0.05, 0.1) is 50.7 Å². The molecule has 3 fully saturated rings. The normalized spacial score (nSPS) is 24.3. The van der Waals surface area contributed by atoms with Crippen LogP contribution in [0.5, 0.6) is 11.5 Å². The largest absolute Gasteiger partial charge is 0.504 e. The fraction of sp³-hybridized carbons (Fsp3) is 0.326. The van der Waals surface area contributed by atoms with Crippen molar-refractivity contribution in [3.8, 4) is 22.1 Å². The van der Waals surface area contributed by atoms with E-state index in [9.17, 15) is 34.9 Å². The van der Waals surface area contributed by atoms with Gasteiger partial charge in [0, 0.05) is 55.0 Å². The van der Waals surface area contributed by atoms with Gasteiger partial charge in [-0.25, -0.2) is 9.80 Å². The molecular weight excluding hydrogens is 842 g/mol. The number of methoxy groups -OCH3 is 1. The predicted molar refractivity (Wildman–Crippen MR) is 230 cm³/mol. The second kappa shape index (κ2) is 14.2. The van der Waals surface area contributed by atoms with Gasteiger partial charge in [0.15, 0.2) is 17.2 Å². The Kier molecular flexibility index (Phi) is 9.33. The highest BCUT2D eigenvalue weighted by molar-refractivity contribution is 7.22. The van der Waals surface area contributed by atoms with E-state index in [1.54, 1.807) is 38.2 Å². The number of phenolic OH excluding ortho intramolecular Hbond substituents is 1. The first-order chi connectivity index (χ1) is 29.4. The maximum Gasteiger partial charge on any atom is 0.301 e. The smallest absolute Gasteiger partial charge is 0.301 e. The molecule has 1 N–H and O–H groups in total. The zero-order chi connectivity index (χ0) is 44.4. The summed E-state index contributed by atoms with van der Waals surface area (Å²) in [7, 11) is 5.86. The number of amides is 4. The number of fused-ring (bicyclic) bond motifs is 5. The molecule has 0 spiro atoms. The lowest BCUT2D eigenvalue weighted by molar-refractivity contribution is -0.392. The fourth-order valence-corrected chi connectivity index (χ4v) is 11.7. The average Bonchev–Trinajstić information content (AvgIpc) is 3.90. The number of anilines is 3. The number of nitro groups is 2. The van der Waals surface area contributed by atoms with Gasteiger partial charge in [0.2, 0.25) is 23.6 Å².